The molecule has 5 heterocycles. The number of hydrogen-bond donors (Lipinski definition) is 4. The molecule has 1 fully saturated rings. The molecule has 21 heteroatoms. The average molecular weight is 1220 g/mol. The van der Waals surface area contributed by atoms with Gasteiger partial charge in [0.2, 0.25) is 5.91 Å². The second-order valence-electron chi connectivity index (χ2n) is 23.3. The average Bonchev–Trinajstić information content (AvgIpc) is 3.39. The number of aromatic nitrogens is 6. The summed E-state index contributed by atoms with van der Waals surface area (Å²) in [4.78, 5) is 61.8. The predicted molar refractivity (Wildman–Crippen MR) is 337 cm³/mol. The Morgan fingerprint density at radius 2 is 1.18 bits per heavy atom. The molecule has 0 aliphatic carbocycles. The Hall–Kier alpha value is -7.78. The van der Waals surface area contributed by atoms with Gasteiger partial charge in [-0.25, -0.2) is 19.6 Å². The number of carbonyl (C=O) groups is 4. The van der Waals surface area contributed by atoms with Gasteiger partial charge >= 0.3 is 17.9 Å². The van der Waals surface area contributed by atoms with E-state index >= 15 is 0 Å². The number of ether oxygens (including phenoxy) is 2. The highest BCUT2D eigenvalue weighted by molar-refractivity contribution is 7.23. The van der Waals surface area contributed by atoms with Crippen LogP contribution in [-0.4, -0.2) is 93.0 Å². The molecular formula is C64H64Cl2N8O9S2. The predicted octanol–water partition coefficient (Wildman–Crippen LogP) is 14.7. The third kappa shape index (κ3) is 13.1. The van der Waals surface area contributed by atoms with Crippen LogP contribution < -0.4 is 10.2 Å². The molecule has 17 nitrogen and oxygen atoms in total. The molecule has 4 aromatic heterocycles. The summed E-state index contributed by atoms with van der Waals surface area (Å²) in [7, 11) is 3.78. The van der Waals surface area contributed by atoms with Gasteiger partial charge in [0.25, 0.3) is 0 Å². The van der Waals surface area contributed by atoms with E-state index in [4.69, 9.17) is 42.6 Å². The lowest BCUT2D eigenvalue weighted by Gasteiger charge is -2.28. The standard InChI is InChI=1S/C32H33ClN4O5S.C32H31ClN4O4S/c1-17-12-23-29(27(18-6-9-22(33)10-7-18)26(17)28(30(40)41)42-32(2,3)4)43-31(36-23)34-15-20(14-25(38)39)19-8-11-24-21(13-19)16-35-37(24)5;1-17-12-23-29(27(18-6-9-22(33)10-7-18)26(17)28(30(39)40)41-32(2,3)4)42-31(35-23)37-16-21(14-25(37)38)19-8-11-24-20(13-19)15-34-36(24)5/h6-13,16,20,28H,14-15H2,1-5H3,(H,34,36)(H,38,39)(H,40,41);6-13,15,21,28H,14,16H2,1-5H3,(H,39,40)/t20?,28-;21?,28-/m00/s1. The van der Waals surface area contributed by atoms with Gasteiger partial charge in [-0.05, 0) is 149 Å². The molecule has 11 rings (SSSR count). The summed E-state index contributed by atoms with van der Waals surface area (Å²) in [6.07, 6.45) is 1.52. The molecule has 1 aliphatic rings. The number of halogens is 2. The molecule has 0 spiro atoms. The quantitative estimate of drug-likeness (QED) is 0.0706. The summed E-state index contributed by atoms with van der Waals surface area (Å²) in [5.41, 5.74) is 9.64. The van der Waals surface area contributed by atoms with Crippen molar-refractivity contribution >= 4 is 122 Å². The van der Waals surface area contributed by atoms with E-state index in [0.29, 0.717) is 62.0 Å². The molecule has 1 saturated heterocycles. The van der Waals surface area contributed by atoms with Gasteiger partial charge in [-0.3, -0.25) is 23.9 Å². The van der Waals surface area contributed by atoms with Gasteiger partial charge in [0, 0.05) is 88.5 Å². The lowest BCUT2D eigenvalue weighted by molar-refractivity contribution is -0.161. The smallest absolute Gasteiger partial charge is 0.337 e. The highest BCUT2D eigenvalue weighted by Gasteiger charge is 2.37. The van der Waals surface area contributed by atoms with E-state index < -0.39 is 41.3 Å². The number of carbonyl (C=O) groups excluding carboxylic acids is 1. The van der Waals surface area contributed by atoms with Crippen LogP contribution in [0.15, 0.2) is 109 Å². The lowest BCUT2D eigenvalue weighted by Crippen LogP contribution is -2.28. The van der Waals surface area contributed by atoms with Crippen molar-refractivity contribution in [2.24, 2.45) is 14.1 Å². The molecule has 6 aromatic carbocycles. The SMILES string of the molecule is Cc1cc2nc(N3CC(c4ccc5c(cnn5C)c4)CC3=O)sc2c(-c2ccc(Cl)cc2)c1[C@H](OC(C)(C)C)C(=O)O.Cc1cc2nc(NCC(CC(=O)O)c3ccc4c(cnn4C)c3)sc2c(-c2ccc(Cl)cc2)c1[C@H](OC(C)(C)C)C(=O)O. The van der Waals surface area contributed by atoms with Gasteiger partial charge in [0.05, 0.1) is 61.5 Å². The molecular weight excluding hydrogens is 1160 g/mol. The number of anilines is 2. The van der Waals surface area contributed by atoms with Gasteiger partial charge in [-0.1, -0.05) is 82.3 Å². The fourth-order valence-corrected chi connectivity index (χ4v) is 13.4. The number of carboxylic acids is 3. The third-order valence-corrected chi connectivity index (χ3v) is 17.4. The molecule has 440 valence electrons. The summed E-state index contributed by atoms with van der Waals surface area (Å²) in [5, 5.41) is 46.6. The van der Waals surface area contributed by atoms with Crippen molar-refractivity contribution in [3.8, 4) is 22.3 Å². The van der Waals surface area contributed by atoms with Crippen molar-refractivity contribution < 1.29 is 44.0 Å². The van der Waals surface area contributed by atoms with Crippen LogP contribution >= 0.6 is 45.9 Å². The van der Waals surface area contributed by atoms with Crippen LogP contribution in [-0.2, 0) is 42.7 Å². The first kappa shape index (κ1) is 60.3. The Morgan fingerprint density at radius 1 is 0.682 bits per heavy atom. The first-order valence-electron chi connectivity index (χ1n) is 27.5. The largest absolute Gasteiger partial charge is 0.481 e. The number of fused-ring (bicyclic) bond motifs is 4. The number of nitrogens with one attached hydrogen (secondary N) is 1. The third-order valence-electron chi connectivity index (χ3n) is 14.8. The zero-order chi connectivity index (χ0) is 61.0. The summed E-state index contributed by atoms with van der Waals surface area (Å²) < 4.78 is 17.4. The van der Waals surface area contributed by atoms with Gasteiger partial charge < -0.3 is 30.1 Å². The van der Waals surface area contributed by atoms with Gasteiger partial charge in [0.1, 0.15) is 0 Å². The molecule has 1 amide bonds. The molecule has 0 radical (unpaired) electrons. The Labute approximate surface area is 508 Å². The molecule has 1 aliphatic heterocycles. The number of rotatable bonds is 16. The van der Waals surface area contributed by atoms with Crippen molar-refractivity contribution in [2.45, 2.75) is 103 Å². The highest BCUT2D eigenvalue weighted by atomic mass is 35.5. The number of benzene rings is 6. The number of carboxylic acid groups (broad SMARTS) is 3. The molecule has 0 bridgehead atoms. The van der Waals surface area contributed by atoms with Gasteiger partial charge in [-0.15, -0.1) is 0 Å². The fourth-order valence-electron chi connectivity index (χ4n) is 11.0. The fraction of sp³-hybridized carbons (Fsp3) is 0.312. The van der Waals surface area contributed by atoms with Crippen molar-refractivity contribution in [3.63, 3.8) is 0 Å². The maximum absolute atomic E-state index is 13.3. The molecule has 85 heavy (non-hydrogen) atoms. The Bertz CT molecular complexity index is 4220. The van der Waals surface area contributed by atoms with E-state index in [1.54, 1.807) is 40.0 Å². The van der Waals surface area contributed by atoms with Gasteiger partial charge in [-0.2, -0.15) is 10.2 Å². The van der Waals surface area contributed by atoms with Crippen molar-refractivity contribution in [1.29, 1.82) is 0 Å². The summed E-state index contributed by atoms with van der Waals surface area (Å²) in [5.74, 6) is -3.34. The molecule has 4 atom stereocenters. The van der Waals surface area contributed by atoms with E-state index in [-0.39, 0.29) is 24.2 Å². The maximum Gasteiger partial charge on any atom is 0.337 e. The second kappa shape index (κ2) is 23.9. The van der Waals surface area contributed by atoms with E-state index in [1.807, 2.05) is 141 Å². The number of aryl methyl sites for hydroxylation is 4. The zero-order valence-corrected chi connectivity index (χ0v) is 51.7. The van der Waals surface area contributed by atoms with E-state index in [2.05, 4.69) is 27.6 Å². The van der Waals surface area contributed by atoms with Crippen molar-refractivity contribution in [2.75, 3.05) is 23.3 Å². The highest BCUT2D eigenvalue weighted by Crippen LogP contribution is 2.47. The number of hydrogen-bond acceptors (Lipinski definition) is 13. The van der Waals surface area contributed by atoms with Crippen LogP contribution in [0.4, 0.5) is 10.3 Å². The first-order chi connectivity index (χ1) is 40.2. The van der Waals surface area contributed by atoms with Crippen LogP contribution in [0.1, 0.15) is 112 Å². The monoisotopic (exact) mass is 1220 g/mol. The minimum Gasteiger partial charge on any atom is -0.481 e. The number of amides is 1. The first-order valence-corrected chi connectivity index (χ1v) is 29.9. The second-order valence-corrected chi connectivity index (χ2v) is 26.2. The van der Waals surface area contributed by atoms with Gasteiger partial charge in [0.15, 0.2) is 22.5 Å². The van der Waals surface area contributed by atoms with E-state index in [9.17, 15) is 34.5 Å². The maximum atomic E-state index is 13.3. The number of nitrogens with zero attached hydrogens (tertiary/aromatic N) is 7. The zero-order valence-electron chi connectivity index (χ0n) is 48.5. The van der Waals surface area contributed by atoms with Crippen LogP contribution in [0, 0.1) is 13.8 Å². The van der Waals surface area contributed by atoms with Crippen molar-refractivity contribution in [1.82, 2.24) is 29.5 Å². The molecule has 0 saturated carbocycles. The molecule has 10 aromatic rings. The Morgan fingerprint density at radius 3 is 1.68 bits per heavy atom. The normalized spacial score (nSPS) is 14.9. The van der Waals surface area contributed by atoms with Crippen LogP contribution in [0.5, 0.6) is 0 Å². The Balaban J connectivity index is 0.000000189. The molecule has 2 unspecified atom stereocenters. The molecule has 4 N–H and O–H groups in total. The summed E-state index contributed by atoms with van der Waals surface area (Å²) >= 11 is 15.2. The van der Waals surface area contributed by atoms with Crippen molar-refractivity contribution in [3.05, 3.63) is 153 Å². The van der Waals surface area contributed by atoms with Crippen LogP contribution in [0.2, 0.25) is 10.0 Å². The Kier molecular flexibility index (Phi) is 17.0. The number of aliphatic carboxylic acids is 3. The summed E-state index contributed by atoms with van der Waals surface area (Å²) in [6, 6.07) is 30.4. The topological polar surface area (TPSA) is 224 Å². The lowest BCUT2D eigenvalue weighted by atomic mass is 9.91. The number of thiazole rings is 2. The minimum absolute atomic E-state index is 0.00908. The summed E-state index contributed by atoms with van der Waals surface area (Å²) in [6.45, 7) is 15.6. The van der Waals surface area contributed by atoms with Crippen LogP contribution in [0.25, 0.3) is 64.5 Å². The van der Waals surface area contributed by atoms with Crippen LogP contribution in [0.3, 0.4) is 0 Å². The minimum atomic E-state index is -1.21. The van der Waals surface area contributed by atoms with E-state index in [0.717, 1.165) is 75.7 Å². The van der Waals surface area contributed by atoms with E-state index in [1.165, 1.54) is 22.7 Å².